The van der Waals surface area contributed by atoms with E-state index in [4.69, 9.17) is 0 Å². The number of hydrogen-bond acceptors (Lipinski definition) is 2. The Balaban J connectivity index is 1.78. The normalized spacial score (nSPS) is 32.5. The summed E-state index contributed by atoms with van der Waals surface area (Å²) in [5.74, 6) is 2.38. The van der Waals surface area contributed by atoms with Crippen molar-refractivity contribution in [2.24, 2.45) is 17.8 Å². The fourth-order valence-corrected chi connectivity index (χ4v) is 3.39. The van der Waals surface area contributed by atoms with Crippen LogP contribution in [0.3, 0.4) is 0 Å². The first kappa shape index (κ1) is 13.6. The predicted octanol–water partition coefficient (Wildman–Crippen LogP) is 2.09. The molecule has 0 aromatic heterocycles. The average molecular weight is 250 g/mol. The molecule has 1 amide bonds. The molecule has 0 radical (unpaired) electrons. The van der Waals surface area contributed by atoms with Gasteiger partial charge in [0.2, 0.25) is 5.91 Å². The molecule has 5 atom stereocenters. The third-order valence-electron chi connectivity index (χ3n) is 4.43. The minimum atomic E-state index is -0.0883. The molecule has 3 nitrogen and oxygen atoms in total. The van der Waals surface area contributed by atoms with Gasteiger partial charge in [0.05, 0.1) is 6.04 Å². The third-order valence-corrected chi connectivity index (χ3v) is 4.43. The van der Waals surface area contributed by atoms with Crippen LogP contribution in [0.1, 0.15) is 40.0 Å². The standard InChI is InChI=1S/C15H26N2O/c1-4-7-16-15(18)11(3)17-10(2)14-9-12-5-6-13(14)8-12/h5-6,10-14,17H,4,7-9H2,1-3H3,(H,16,18). The van der Waals surface area contributed by atoms with Crippen molar-refractivity contribution < 1.29 is 4.79 Å². The van der Waals surface area contributed by atoms with Crippen molar-refractivity contribution in [3.05, 3.63) is 12.2 Å². The van der Waals surface area contributed by atoms with Crippen LogP contribution in [0.15, 0.2) is 12.2 Å². The van der Waals surface area contributed by atoms with E-state index in [1.807, 2.05) is 6.92 Å². The molecular weight excluding hydrogens is 224 g/mol. The van der Waals surface area contributed by atoms with E-state index in [9.17, 15) is 4.79 Å². The summed E-state index contributed by atoms with van der Waals surface area (Å²) >= 11 is 0. The second-order valence-corrected chi connectivity index (χ2v) is 5.91. The summed E-state index contributed by atoms with van der Waals surface area (Å²) in [6.07, 6.45) is 8.35. The van der Waals surface area contributed by atoms with Crippen LogP contribution in [0.2, 0.25) is 0 Å². The van der Waals surface area contributed by atoms with Gasteiger partial charge in [0.25, 0.3) is 0 Å². The molecular formula is C15H26N2O. The van der Waals surface area contributed by atoms with Crippen LogP contribution in [-0.2, 0) is 4.79 Å². The largest absolute Gasteiger partial charge is 0.355 e. The molecule has 5 unspecified atom stereocenters. The number of hydrogen-bond donors (Lipinski definition) is 2. The predicted molar refractivity (Wildman–Crippen MR) is 74.2 cm³/mol. The van der Waals surface area contributed by atoms with Gasteiger partial charge in [-0.25, -0.2) is 0 Å². The first-order valence-electron chi connectivity index (χ1n) is 7.34. The molecule has 1 saturated carbocycles. The highest BCUT2D eigenvalue weighted by molar-refractivity contribution is 5.81. The molecule has 3 heteroatoms. The zero-order valence-electron chi connectivity index (χ0n) is 11.8. The van der Waals surface area contributed by atoms with Crippen LogP contribution in [0, 0.1) is 17.8 Å². The van der Waals surface area contributed by atoms with Gasteiger partial charge in [0.1, 0.15) is 0 Å². The van der Waals surface area contributed by atoms with E-state index in [2.05, 4.69) is 36.6 Å². The molecule has 0 aromatic rings. The zero-order chi connectivity index (χ0) is 13.1. The Bertz CT molecular complexity index is 326. The van der Waals surface area contributed by atoms with Crippen molar-refractivity contribution in [3.8, 4) is 0 Å². The monoisotopic (exact) mass is 250 g/mol. The van der Waals surface area contributed by atoms with Gasteiger partial charge < -0.3 is 10.6 Å². The molecule has 18 heavy (non-hydrogen) atoms. The van der Waals surface area contributed by atoms with Crippen LogP contribution in [0.25, 0.3) is 0 Å². The molecule has 0 aliphatic heterocycles. The highest BCUT2D eigenvalue weighted by atomic mass is 16.2. The van der Waals surface area contributed by atoms with Gasteiger partial charge >= 0.3 is 0 Å². The van der Waals surface area contributed by atoms with Crippen LogP contribution < -0.4 is 10.6 Å². The lowest BCUT2D eigenvalue weighted by molar-refractivity contribution is -0.123. The lowest BCUT2D eigenvalue weighted by Gasteiger charge is -2.28. The van der Waals surface area contributed by atoms with Crippen LogP contribution in [0.4, 0.5) is 0 Å². The Morgan fingerprint density at radius 3 is 2.67 bits per heavy atom. The van der Waals surface area contributed by atoms with Crippen LogP contribution in [0.5, 0.6) is 0 Å². The Labute approximate surface area is 110 Å². The third kappa shape index (κ3) is 2.94. The zero-order valence-corrected chi connectivity index (χ0v) is 11.8. The Morgan fingerprint density at radius 1 is 1.33 bits per heavy atom. The molecule has 2 rings (SSSR count). The van der Waals surface area contributed by atoms with Gasteiger partial charge in [-0.05, 0) is 50.9 Å². The molecule has 0 heterocycles. The Hall–Kier alpha value is -0.830. The van der Waals surface area contributed by atoms with Crippen LogP contribution in [-0.4, -0.2) is 24.5 Å². The Kier molecular flexibility index (Phi) is 4.44. The van der Waals surface area contributed by atoms with E-state index in [1.54, 1.807) is 0 Å². The number of rotatable bonds is 6. The number of carbonyl (C=O) groups excluding carboxylic acids is 1. The van der Waals surface area contributed by atoms with Gasteiger partial charge in [-0.1, -0.05) is 19.1 Å². The fourth-order valence-electron chi connectivity index (χ4n) is 3.39. The molecule has 2 aliphatic carbocycles. The first-order chi connectivity index (χ1) is 8.61. The molecule has 0 spiro atoms. The topological polar surface area (TPSA) is 41.1 Å². The van der Waals surface area contributed by atoms with E-state index in [-0.39, 0.29) is 11.9 Å². The minimum Gasteiger partial charge on any atom is -0.355 e. The number of allylic oxidation sites excluding steroid dienone is 2. The first-order valence-corrected chi connectivity index (χ1v) is 7.34. The van der Waals surface area contributed by atoms with E-state index < -0.39 is 0 Å². The van der Waals surface area contributed by atoms with Gasteiger partial charge in [-0.15, -0.1) is 0 Å². The van der Waals surface area contributed by atoms with E-state index >= 15 is 0 Å². The van der Waals surface area contributed by atoms with Gasteiger partial charge in [0.15, 0.2) is 0 Å². The van der Waals surface area contributed by atoms with Gasteiger partial charge in [-0.2, -0.15) is 0 Å². The maximum absolute atomic E-state index is 11.8. The molecule has 1 fully saturated rings. The van der Waals surface area contributed by atoms with Gasteiger partial charge in [-0.3, -0.25) is 4.79 Å². The molecule has 2 aliphatic rings. The van der Waals surface area contributed by atoms with E-state index in [0.717, 1.165) is 24.8 Å². The second kappa shape index (κ2) is 5.87. The van der Waals surface area contributed by atoms with Crippen molar-refractivity contribution in [1.82, 2.24) is 10.6 Å². The van der Waals surface area contributed by atoms with E-state index in [0.29, 0.717) is 12.0 Å². The maximum atomic E-state index is 11.8. The molecule has 102 valence electrons. The summed E-state index contributed by atoms with van der Waals surface area (Å²) in [7, 11) is 0. The minimum absolute atomic E-state index is 0.0883. The van der Waals surface area contributed by atoms with Gasteiger partial charge in [0, 0.05) is 12.6 Å². The summed E-state index contributed by atoms with van der Waals surface area (Å²) in [5, 5.41) is 6.42. The van der Waals surface area contributed by atoms with Crippen LogP contribution >= 0.6 is 0 Å². The second-order valence-electron chi connectivity index (χ2n) is 5.91. The SMILES string of the molecule is CCCNC(=O)C(C)NC(C)C1CC2C=CC1C2. The summed E-state index contributed by atoms with van der Waals surface area (Å²) in [4.78, 5) is 11.8. The fraction of sp³-hybridized carbons (Fsp3) is 0.800. The average Bonchev–Trinajstić information content (AvgIpc) is 2.97. The highest BCUT2D eigenvalue weighted by Crippen LogP contribution is 2.44. The Morgan fingerprint density at radius 2 is 2.11 bits per heavy atom. The number of carbonyl (C=O) groups is 1. The summed E-state index contributed by atoms with van der Waals surface area (Å²) in [6, 6.07) is 0.335. The summed E-state index contributed by atoms with van der Waals surface area (Å²) in [5.41, 5.74) is 0. The smallest absolute Gasteiger partial charge is 0.236 e. The van der Waals surface area contributed by atoms with Crippen molar-refractivity contribution in [2.45, 2.75) is 52.1 Å². The molecule has 0 saturated heterocycles. The molecule has 2 N–H and O–H groups in total. The molecule has 2 bridgehead atoms. The van der Waals surface area contributed by atoms with Crippen molar-refractivity contribution in [3.63, 3.8) is 0 Å². The maximum Gasteiger partial charge on any atom is 0.236 e. The van der Waals surface area contributed by atoms with E-state index in [1.165, 1.54) is 12.8 Å². The van der Waals surface area contributed by atoms with Crippen molar-refractivity contribution in [1.29, 1.82) is 0 Å². The number of nitrogens with one attached hydrogen (secondary N) is 2. The summed E-state index contributed by atoms with van der Waals surface area (Å²) in [6.45, 7) is 7.03. The number of fused-ring (bicyclic) bond motifs is 2. The highest BCUT2D eigenvalue weighted by Gasteiger charge is 2.38. The van der Waals surface area contributed by atoms with Crippen molar-refractivity contribution >= 4 is 5.91 Å². The summed E-state index contributed by atoms with van der Waals surface area (Å²) < 4.78 is 0. The van der Waals surface area contributed by atoms with Crippen molar-refractivity contribution in [2.75, 3.05) is 6.54 Å². The quantitative estimate of drug-likeness (QED) is 0.709. The number of amides is 1. The lowest BCUT2D eigenvalue weighted by Crippen LogP contribution is -2.48. The molecule has 0 aromatic carbocycles. The lowest BCUT2D eigenvalue weighted by atomic mass is 9.87.